The van der Waals surface area contributed by atoms with Crippen LogP contribution in [0.1, 0.15) is 29.8 Å². The molecule has 1 atom stereocenters. The zero-order chi connectivity index (χ0) is 14.8. The fraction of sp³-hybridized carbons (Fsp3) is 0.333. The van der Waals surface area contributed by atoms with Crippen molar-refractivity contribution in [2.75, 3.05) is 6.54 Å². The normalized spacial score (nSPS) is 19.1. The number of nitrogens with one attached hydrogen (secondary N) is 2. The molecule has 0 spiro atoms. The van der Waals surface area contributed by atoms with E-state index in [1.54, 1.807) is 24.3 Å². The van der Waals surface area contributed by atoms with Crippen molar-refractivity contribution in [3.05, 3.63) is 35.0 Å². The molecule has 1 aliphatic heterocycles. The van der Waals surface area contributed by atoms with Gasteiger partial charge in [-0.1, -0.05) is 11.6 Å². The number of hydrogen-bond acceptors (Lipinski definition) is 3. The summed E-state index contributed by atoms with van der Waals surface area (Å²) < 4.78 is 5.49. The largest absolute Gasteiger partial charge is 0.451 e. The number of hydrogen-bond donors (Lipinski definition) is 2. The van der Waals surface area contributed by atoms with Crippen LogP contribution in [0.3, 0.4) is 0 Å². The van der Waals surface area contributed by atoms with Crippen LogP contribution < -0.4 is 10.6 Å². The first kappa shape index (κ1) is 13.9. The van der Waals surface area contributed by atoms with E-state index < -0.39 is 6.04 Å². The minimum Gasteiger partial charge on any atom is -0.451 e. The Morgan fingerprint density at radius 1 is 1.33 bits per heavy atom. The van der Waals surface area contributed by atoms with Gasteiger partial charge in [-0.15, -0.1) is 0 Å². The number of fused-ring (bicyclic) bond motifs is 1. The average Bonchev–Trinajstić information content (AvgIpc) is 2.78. The predicted octanol–water partition coefficient (Wildman–Crippen LogP) is 2.48. The zero-order valence-corrected chi connectivity index (χ0v) is 12.1. The number of amides is 2. The van der Waals surface area contributed by atoms with Crippen molar-refractivity contribution in [2.24, 2.45) is 0 Å². The lowest BCUT2D eigenvalue weighted by Crippen LogP contribution is -2.45. The highest BCUT2D eigenvalue weighted by Crippen LogP contribution is 2.23. The van der Waals surface area contributed by atoms with E-state index in [-0.39, 0.29) is 17.6 Å². The van der Waals surface area contributed by atoms with Gasteiger partial charge >= 0.3 is 0 Å². The summed E-state index contributed by atoms with van der Waals surface area (Å²) in [6.07, 6.45) is 2.48. The summed E-state index contributed by atoms with van der Waals surface area (Å²) in [6, 6.07) is 6.28. The van der Waals surface area contributed by atoms with Crippen LogP contribution in [0.4, 0.5) is 0 Å². The van der Waals surface area contributed by atoms with Crippen LogP contribution in [0.2, 0.25) is 5.02 Å². The standard InChI is InChI=1S/C15H15ClN2O3/c16-10-4-5-12-9(7-10)8-13(21-12)15(20)18-11-3-1-2-6-17-14(11)19/h4-5,7-8,11H,1-3,6H2,(H,17,19)(H,18,20)/t11-/m0/s1. The molecule has 5 nitrogen and oxygen atoms in total. The predicted molar refractivity (Wildman–Crippen MR) is 79.3 cm³/mol. The number of benzene rings is 1. The van der Waals surface area contributed by atoms with Crippen molar-refractivity contribution in [1.82, 2.24) is 10.6 Å². The molecule has 3 rings (SSSR count). The quantitative estimate of drug-likeness (QED) is 0.895. The summed E-state index contributed by atoms with van der Waals surface area (Å²) >= 11 is 5.91. The van der Waals surface area contributed by atoms with Gasteiger partial charge < -0.3 is 15.1 Å². The molecule has 2 aromatic rings. The maximum absolute atomic E-state index is 12.2. The summed E-state index contributed by atoms with van der Waals surface area (Å²) in [5, 5.41) is 6.85. The van der Waals surface area contributed by atoms with E-state index in [1.165, 1.54) is 0 Å². The molecule has 6 heteroatoms. The van der Waals surface area contributed by atoms with Crippen LogP contribution in [0.5, 0.6) is 0 Å². The number of rotatable bonds is 2. The molecule has 0 aliphatic carbocycles. The van der Waals surface area contributed by atoms with Crippen LogP contribution >= 0.6 is 11.6 Å². The number of carbonyl (C=O) groups excluding carboxylic acids is 2. The van der Waals surface area contributed by atoms with E-state index in [1.807, 2.05) is 0 Å². The maximum atomic E-state index is 12.2. The molecule has 21 heavy (non-hydrogen) atoms. The second kappa shape index (κ2) is 5.77. The van der Waals surface area contributed by atoms with Crippen molar-refractivity contribution in [3.8, 4) is 0 Å². The van der Waals surface area contributed by atoms with E-state index in [4.69, 9.17) is 16.0 Å². The molecule has 110 valence electrons. The fourth-order valence-corrected chi connectivity index (χ4v) is 2.61. The molecule has 1 saturated heterocycles. The summed E-state index contributed by atoms with van der Waals surface area (Å²) in [5.41, 5.74) is 0.592. The van der Waals surface area contributed by atoms with Gasteiger partial charge in [0.25, 0.3) is 5.91 Å². The average molecular weight is 307 g/mol. The molecular formula is C15H15ClN2O3. The smallest absolute Gasteiger partial charge is 0.287 e. The Kier molecular flexibility index (Phi) is 3.84. The Balaban J connectivity index is 1.78. The summed E-state index contributed by atoms with van der Waals surface area (Å²) in [5.74, 6) is -0.339. The minimum atomic E-state index is -0.503. The number of halogens is 1. The van der Waals surface area contributed by atoms with Crippen LogP contribution in [0, 0.1) is 0 Å². The molecule has 1 fully saturated rings. The topological polar surface area (TPSA) is 71.3 Å². The zero-order valence-electron chi connectivity index (χ0n) is 11.3. The van der Waals surface area contributed by atoms with Gasteiger partial charge in [0, 0.05) is 17.0 Å². The summed E-state index contributed by atoms with van der Waals surface area (Å²) in [6.45, 7) is 0.661. The Morgan fingerprint density at radius 2 is 2.19 bits per heavy atom. The van der Waals surface area contributed by atoms with Crippen molar-refractivity contribution < 1.29 is 14.0 Å². The van der Waals surface area contributed by atoms with Gasteiger partial charge in [0.1, 0.15) is 11.6 Å². The van der Waals surface area contributed by atoms with Gasteiger partial charge in [-0.05, 0) is 43.5 Å². The third kappa shape index (κ3) is 3.03. The van der Waals surface area contributed by atoms with Gasteiger partial charge in [-0.25, -0.2) is 0 Å². The van der Waals surface area contributed by atoms with Crippen LogP contribution in [-0.4, -0.2) is 24.4 Å². The van der Waals surface area contributed by atoms with E-state index in [2.05, 4.69) is 10.6 Å². The molecular weight excluding hydrogens is 292 g/mol. The summed E-state index contributed by atoms with van der Waals surface area (Å²) in [7, 11) is 0. The molecule has 0 saturated carbocycles. The molecule has 0 bridgehead atoms. The Morgan fingerprint density at radius 3 is 3.05 bits per heavy atom. The maximum Gasteiger partial charge on any atom is 0.287 e. The van der Waals surface area contributed by atoms with Crippen molar-refractivity contribution in [1.29, 1.82) is 0 Å². The van der Waals surface area contributed by atoms with E-state index in [9.17, 15) is 9.59 Å². The first-order valence-electron chi connectivity index (χ1n) is 6.91. The van der Waals surface area contributed by atoms with Gasteiger partial charge in [0.2, 0.25) is 5.91 Å². The number of furan rings is 1. The molecule has 0 radical (unpaired) electrons. The lowest BCUT2D eigenvalue weighted by molar-refractivity contribution is -0.122. The second-order valence-corrected chi connectivity index (χ2v) is 5.54. The molecule has 2 N–H and O–H groups in total. The Bertz CT molecular complexity index is 695. The third-order valence-corrected chi connectivity index (χ3v) is 3.78. The lowest BCUT2D eigenvalue weighted by atomic mass is 10.1. The Labute approximate surface area is 126 Å². The molecule has 2 heterocycles. The van der Waals surface area contributed by atoms with Gasteiger partial charge in [0.15, 0.2) is 5.76 Å². The third-order valence-electron chi connectivity index (χ3n) is 3.54. The first-order chi connectivity index (χ1) is 10.1. The SMILES string of the molecule is O=C(N[C@H]1CCCCNC1=O)c1cc2cc(Cl)ccc2o1. The molecule has 0 unspecified atom stereocenters. The highest BCUT2D eigenvalue weighted by molar-refractivity contribution is 6.31. The van der Waals surface area contributed by atoms with E-state index >= 15 is 0 Å². The van der Waals surface area contributed by atoms with Crippen LogP contribution in [-0.2, 0) is 4.79 Å². The molecule has 2 amide bonds. The first-order valence-corrected chi connectivity index (χ1v) is 7.29. The highest BCUT2D eigenvalue weighted by atomic mass is 35.5. The Hall–Kier alpha value is -2.01. The highest BCUT2D eigenvalue weighted by Gasteiger charge is 2.24. The monoisotopic (exact) mass is 306 g/mol. The van der Waals surface area contributed by atoms with E-state index in [0.29, 0.717) is 23.6 Å². The minimum absolute atomic E-state index is 0.139. The van der Waals surface area contributed by atoms with Crippen LogP contribution in [0.25, 0.3) is 11.0 Å². The van der Waals surface area contributed by atoms with Crippen molar-refractivity contribution in [2.45, 2.75) is 25.3 Å². The molecule has 1 aromatic carbocycles. The fourth-order valence-electron chi connectivity index (χ4n) is 2.43. The van der Waals surface area contributed by atoms with Gasteiger partial charge in [-0.3, -0.25) is 9.59 Å². The molecule has 1 aromatic heterocycles. The van der Waals surface area contributed by atoms with E-state index in [0.717, 1.165) is 18.2 Å². The number of carbonyl (C=O) groups is 2. The van der Waals surface area contributed by atoms with Crippen LogP contribution in [0.15, 0.2) is 28.7 Å². The van der Waals surface area contributed by atoms with Gasteiger partial charge in [0.05, 0.1) is 0 Å². The lowest BCUT2D eigenvalue weighted by Gasteiger charge is -2.13. The molecule has 1 aliphatic rings. The second-order valence-electron chi connectivity index (χ2n) is 5.11. The summed E-state index contributed by atoms with van der Waals surface area (Å²) in [4.78, 5) is 24.0. The van der Waals surface area contributed by atoms with Crippen molar-refractivity contribution >= 4 is 34.4 Å². The van der Waals surface area contributed by atoms with Gasteiger partial charge in [-0.2, -0.15) is 0 Å². The van der Waals surface area contributed by atoms with Crippen molar-refractivity contribution in [3.63, 3.8) is 0 Å².